The molecule has 1 aliphatic carbocycles. The van der Waals surface area contributed by atoms with Gasteiger partial charge in [0.25, 0.3) is 0 Å². The molecule has 2 heterocycles. The van der Waals surface area contributed by atoms with Crippen molar-refractivity contribution in [2.45, 2.75) is 32.3 Å². The molecule has 0 radical (unpaired) electrons. The van der Waals surface area contributed by atoms with Gasteiger partial charge in [0.2, 0.25) is 11.8 Å². The molecule has 2 saturated heterocycles. The molecule has 4 atom stereocenters. The SMILES string of the molecule is C/C(=C\c1ccccc1O)CC[C@H]1OC[C@H]2C1=C(COc1ccccc1)C[C@H]1C(=O)N(c3ccccc3)C(=O)[C@H]12. The minimum atomic E-state index is -0.425. The van der Waals surface area contributed by atoms with Crippen LogP contribution >= 0.6 is 0 Å². The van der Waals surface area contributed by atoms with E-state index in [0.29, 0.717) is 25.3 Å². The first-order valence-corrected chi connectivity index (χ1v) is 13.9. The maximum atomic E-state index is 13.8. The topological polar surface area (TPSA) is 76.1 Å². The highest BCUT2D eigenvalue weighted by atomic mass is 16.5. The van der Waals surface area contributed by atoms with E-state index >= 15 is 0 Å². The highest BCUT2D eigenvalue weighted by Gasteiger charge is 2.57. The fourth-order valence-corrected chi connectivity index (χ4v) is 6.43. The highest BCUT2D eigenvalue weighted by molar-refractivity contribution is 6.22. The number of hydrogen-bond acceptors (Lipinski definition) is 5. The molecule has 6 nitrogen and oxygen atoms in total. The molecular formula is C34H33NO5. The minimum absolute atomic E-state index is 0.133. The Kier molecular flexibility index (Phi) is 7.27. The predicted octanol–water partition coefficient (Wildman–Crippen LogP) is 6.18. The van der Waals surface area contributed by atoms with E-state index in [9.17, 15) is 14.7 Å². The van der Waals surface area contributed by atoms with Crippen molar-refractivity contribution in [3.8, 4) is 11.5 Å². The van der Waals surface area contributed by atoms with Gasteiger partial charge in [-0.05, 0) is 67.7 Å². The van der Waals surface area contributed by atoms with E-state index in [1.807, 2.05) is 84.9 Å². The van der Waals surface area contributed by atoms with Crippen LogP contribution in [-0.4, -0.2) is 36.2 Å². The van der Waals surface area contributed by atoms with Crippen molar-refractivity contribution in [2.75, 3.05) is 18.1 Å². The molecule has 0 aromatic heterocycles. The van der Waals surface area contributed by atoms with Crippen LogP contribution in [0.4, 0.5) is 5.69 Å². The average Bonchev–Trinajstić information content (AvgIpc) is 3.51. The molecule has 3 aliphatic rings. The number of allylic oxidation sites excluding steroid dienone is 1. The number of hydrogen-bond donors (Lipinski definition) is 1. The van der Waals surface area contributed by atoms with Gasteiger partial charge >= 0.3 is 0 Å². The van der Waals surface area contributed by atoms with E-state index in [1.165, 1.54) is 4.90 Å². The minimum Gasteiger partial charge on any atom is -0.507 e. The summed E-state index contributed by atoms with van der Waals surface area (Å²) in [4.78, 5) is 28.8. The van der Waals surface area contributed by atoms with E-state index in [4.69, 9.17) is 9.47 Å². The smallest absolute Gasteiger partial charge is 0.238 e. The zero-order chi connectivity index (χ0) is 27.6. The number of amides is 2. The number of aromatic hydroxyl groups is 1. The van der Waals surface area contributed by atoms with E-state index in [-0.39, 0.29) is 29.6 Å². The summed E-state index contributed by atoms with van der Waals surface area (Å²) in [6.07, 6.45) is 3.87. The number of anilines is 1. The van der Waals surface area contributed by atoms with E-state index in [0.717, 1.165) is 40.9 Å². The first-order valence-electron chi connectivity index (χ1n) is 13.9. The van der Waals surface area contributed by atoms with Crippen LogP contribution in [0.25, 0.3) is 6.08 Å². The largest absolute Gasteiger partial charge is 0.507 e. The van der Waals surface area contributed by atoms with Gasteiger partial charge in [-0.15, -0.1) is 0 Å². The Balaban J connectivity index is 1.27. The van der Waals surface area contributed by atoms with Crippen LogP contribution < -0.4 is 9.64 Å². The molecule has 40 heavy (non-hydrogen) atoms. The number of benzene rings is 3. The second-order valence-corrected chi connectivity index (χ2v) is 10.9. The zero-order valence-electron chi connectivity index (χ0n) is 22.5. The first kappa shape index (κ1) is 26.1. The molecule has 2 amide bonds. The molecule has 6 rings (SSSR count). The number of carbonyl (C=O) groups excluding carboxylic acids is 2. The van der Waals surface area contributed by atoms with Gasteiger partial charge in [0.1, 0.15) is 18.1 Å². The third-order valence-corrected chi connectivity index (χ3v) is 8.32. The lowest BCUT2D eigenvalue weighted by Gasteiger charge is -2.31. The lowest BCUT2D eigenvalue weighted by Crippen LogP contribution is -2.35. The number of rotatable bonds is 8. The first-order chi connectivity index (χ1) is 19.5. The van der Waals surface area contributed by atoms with Gasteiger partial charge in [-0.3, -0.25) is 14.5 Å². The Hall–Kier alpha value is -4.16. The molecule has 0 spiro atoms. The summed E-state index contributed by atoms with van der Waals surface area (Å²) >= 11 is 0. The van der Waals surface area contributed by atoms with Crippen molar-refractivity contribution in [3.63, 3.8) is 0 Å². The Labute approximate surface area is 234 Å². The van der Waals surface area contributed by atoms with Gasteiger partial charge in [-0.25, -0.2) is 0 Å². The number of carbonyl (C=O) groups is 2. The fourth-order valence-electron chi connectivity index (χ4n) is 6.43. The number of ether oxygens (including phenoxy) is 2. The van der Waals surface area contributed by atoms with Crippen LogP contribution in [0.15, 0.2) is 102 Å². The normalized spacial score (nSPS) is 24.3. The number of nitrogens with zero attached hydrogens (tertiary/aromatic N) is 1. The molecule has 0 saturated carbocycles. The van der Waals surface area contributed by atoms with Crippen LogP contribution in [0.5, 0.6) is 11.5 Å². The van der Waals surface area contributed by atoms with E-state index in [1.54, 1.807) is 6.07 Å². The maximum Gasteiger partial charge on any atom is 0.238 e. The number of para-hydroxylation sites is 3. The second-order valence-electron chi connectivity index (χ2n) is 10.9. The second kappa shape index (κ2) is 11.1. The van der Waals surface area contributed by atoms with Gasteiger partial charge in [0.15, 0.2) is 0 Å². The van der Waals surface area contributed by atoms with Crippen LogP contribution in [0.3, 0.4) is 0 Å². The summed E-state index contributed by atoms with van der Waals surface area (Å²) < 4.78 is 12.5. The lowest BCUT2D eigenvalue weighted by atomic mass is 9.69. The van der Waals surface area contributed by atoms with Crippen LogP contribution in [-0.2, 0) is 14.3 Å². The molecule has 3 aromatic rings. The Morgan fingerprint density at radius 1 is 0.950 bits per heavy atom. The quantitative estimate of drug-likeness (QED) is 0.276. The summed E-state index contributed by atoms with van der Waals surface area (Å²) in [7, 11) is 0. The number of phenolic OH excluding ortho intramolecular Hbond substituents is 1. The van der Waals surface area contributed by atoms with Crippen molar-refractivity contribution < 1.29 is 24.2 Å². The van der Waals surface area contributed by atoms with Crippen LogP contribution in [0, 0.1) is 17.8 Å². The molecule has 2 fully saturated rings. The maximum absolute atomic E-state index is 13.8. The molecule has 1 N–H and O–H groups in total. The summed E-state index contributed by atoms with van der Waals surface area (Å²) in [5.41, 5.74) is 4.74. The van der Waals surface area contributed by atoms with Crippen LogP contribution in [0.1, 0.15) is 31.7 Å². The van der Waals surface area contributed by atoms with Gasteiger partial charge < -0.3 is 14.6 Å². The van der Waals surface area contributed by atoms with Crippen molar-refractivity contribution in [1.82, 2.24) is 0 Å². The number of imide groups is 1. The molecule has 0 bridgehead atoms. The molecule has 3 aromatic carbocycles. The van der Waals surface area contributed by atoms with Gasteiger partial charge in [0.05, 0.1) is 30.2 Å². The number of phenols is 1. The standard InChI is InChI=1S/C34H33NO5/c1-22(18-23-10-8-9-15-29(23)36)16-17-30-31-24(20-39-26-13-6-3-7-14-26)19-27-32(28(31)21-40-30)34(38)35(33(27)37)25-11-4-2-5-12-25/h2-15,18,27-28,30,32,36H,16-17,19-21H2,1H3/b22-18+/t27-,28+,30-,32-/m1/s1. The zero-order valence-corrected chi connectivity index (χ0v) is 22.5. The van der Waals surface area contributed by atoms with Gasteiger partial charge in [0, 0.05) is 11.5 Å². The van der Waals surface area contributed by atoms with E-state index < -0.39 is 11.8 Å². The third-order valence-electron chi connectivity index (χ3n) is 8.32. The predicted molar refractivity (Wildman–Crippen MR) is 154 cm³/mol. The summed E-state index contributed by atoms with van der Waals surface area (Å²) in [6, 6.07) is 26.2. The molecule has 6 heteroatoms. The molecule has 204 valence electrons. The Morgan fingerprint density at radius 2 is 1.65 bits per heavy atom. The van der Waals surface area contributed by atoms with Gasteiger partial charge in [-0.2, -0.15) is 0 Å². The molecular weight excluding hydrogens is 502 g/mol. The molecule has 0 unspecified atom stereocenters. The van der Waals surface area contributed by atoms with Crippen molar-refractivity contribution >= 4 is 23.6 Å². The van der Waals surface area contributed by atoms with Gasteiger partial charge in [-0.1, -0.05) is 66.2 Å². The Bertz CT molecular complexity index is 1460. The lowest BCUT2D eigenvalue weighted by molar-refractivity contribution is -0.122. The highest BCUT2D eigenvalue weighted by Crippen LogP contribution is 2.50. The third kappa shape index (κ3) is 4.95. The summed E-state index contributed by atoms with van der Waals surface area (Å²) in [5, 5.41) is 10.2. The van der Waals surface area contributed by atoms with Crippen molar-refractivity contribution in [1.29, 1.82) is 0 Å². The number of fused-ring (bicyclic) bond motifs is 3. The van der Waals surface area contributed by atoms with E-state index in [2.05, 4.69) is 6.92 Å². The fraction of sp³-hybridized carbons (Fsp3) is 0.294. The van der Waals surface area contributed by atoms with Crippen LogP contribution in [0.2, 0.25) is 0 Å². The summed E-state index contributed by atoms with van der Waals surface area (Å²) in [5.74, 6) is -0.231. The monoisotopic (exact) mass is 535 g/mol. The summed E-state index contributed by atoms with van der Waals surface area (Å²) in [6.45, 7) is 2.83. The van der Waals surface area contributed by atoms with Crippen molar-refractivity contribution in [2.24, 2.45) is 17.8 Å². The molecule has 2 aliphatic heterocycles. The van der Waals surface area contributed by atoms with Crippen molar-refractivity contribution in [3.05, 3.63) is 107 Å². The Morgan fingerprint density at radius 3 is 2.40 bits per heavy atom. The average molecular weight is 536 g/mol.